The zero-order chi connectivity index (χ0) is 12.1. The SMILES string of the molecule is Cc1ccn(CC#Cc2ccccc2)c(=O)c1. The number of nitrogens with zero attached hydrogens (tertiary/aromatic N) is 1. The fraction of sp³-hybridized carbons (Fsp3) is 0.133. The molecule has 1 aromatic carbocycles. The van der Waals surface area contributed by atoms with Gasteiger partial charge in [0.15, 0.2) is 0 Å². The highest BCUT2D eigenvalue weighted by molar-refractivity contribution is 5.33. The van der Waals surface area contributed by atoms with Crippen molar-refractivity contribution < 1.29 is 0 Å². The molecule has 2 heteroatoms. The van der Waals surface area contributed by atoms with Gasteiger partial charge in [-0.1, -0.05) is 30.0 Å². The maximum absolute atomic E-state index is 11.6. The molecule has 0 aliphatic heterocycles. The standard InChI is InChI=1S/C15H13NO/c1-13-9-11-16(15(17)12-13)10-5-8-14-6-3-2-4-7-14/h2-4,6-7,9,11-12H,10H2,1H3. The molecule has 0 N–H and O–H groups in total. The Hall–Kier alpha value is -2.27. The van der Waals surface area contributed by atoms with Gasteiger partial charge in [-0.25, -0.2) is 0 Å². The van der Waals surface area contributed by atoms with Crippen LogP contribution in [-0.4, -0.2) is 4.57 Å². The normalized spacial score (nSPS) is 9.47. The summed E-state index contributed by atoms with van der Waals surface area (Å²) >= 11 is 0. The molecular formula is C15H13NO. The number of aromatic nitrogens is 1. The van der Waals surface area contributed by atoms with Crippen molar-refractivity contribution in [3.8, 4) is 11.8 Å². The lowest BCUT2D eigenvalue weighted by molar-refractivity contribution is 0.793. The van der Waals surface area contributed by atoms with Gasteiger partial charge >= 0.3 is 0 Å². The van der Waals surface area contributed by atoms with Crippen molar-refractivity contribution in [3.63, 3.8) is 0 Å². The van der Waals surface area contributed by atoms with Crippen molar-refractivity contribution in [3.05, 3.63) is 70.1 Å². The van der Waals surface area contributed by atoms with E-state index in [1.54, 1.807) is 16.8 Å². The molecule has 2 nitrogen and oxygen atoms in total. The molecule has 1 aromatic heterocycles. The minimum Gasteiger partial charge on any atom is -0.304 e. The predicted molar refractivity (Wildman–Crippen MR) is 68.8 cm³/mol. The van der Waals surface area contributed by atoms with Crippen molar-refractivity contribution in [1.29, 1.82) is 0 Å². The van der Waals surface area contributed by atoms with Gasteiger partial charge in [0.1, 0.15) is 0 Å². The minimum absolute atomic E-state index is 0.00707. The van der Waals surface area contributed by atoms with Gasteiger partial charge in [0.2, 0.25) is 0 Å². The minimum atomic E-state index is -0.00707. The number of hydrogen-bond donors (Lipinski definition) is 0. The van der Waals surface area contributed by atoms with Crippen molar-refractivity contribution in [1.82, 2.24) is 4.57 Å². The lowest BCUT2D eigenvalue weighted by Crippen LogP contribution is -2.17. The molecule has 0 atom stereocenters. The van der Waals surface area contributed by atoms with Crippen molar-refractivity contribution in [2.24, 2.45) is 0 Å². The molecule has 0 fully saturated rings. The van der Waals surface area contributed by atoms with E-state index in [-0.39, 0.29) is 5.56 Å². The van der Waals surface area contributed by atoms with E-state index in [0.717, 1.165) is 11.1 Å². The van der Waals surface area contributed by atoms with Crippen LogP contribution in [-0.2, 0) is 6.54 Å². The zero-order valence-corrected chi connectivity index (χ0v) is 9.68. The van der Waals surface area contributed by atoms with Crippen molar-refractivity contribution in [2.75, 3.05) is 0 Å². The average Bonchev–Trinajstić information content (AvgIpc) is 2.33. The number of pyridine rings is 1. The Bertz CT molecular complexity index is 615. The Morgan fingerprint density at radius 3 is 2.65 bits per heavy atom. The van der Waals surface area contributed by atoms with E-state index in [4.69, 9.17) is 0 Å². The highest BCUT2D eigenvalue weighted by Crippen LogP contribution is 1.95. The summed E-state index contributed by atoms with van der Waals surface area (Å²) in [6.07, 6.45) is 1.78. The van der Waals surface area contributed by atoms with Gasteiger partial charge in [-0.15, -0.1) is 0 Å². The first-order valence-electron chi connectivity index (χ1n) is 5.47. The number of aryl methyl sites for hydroxylation is 1. The van der Waals surface area contributed by atoms with E-state index in [1.807, 2.05) is 43.3 Å². The van der Waals surface area contributed by atoms with Crippen LogP contribution >= 0.6 is 0 Å². The fourth-order valence-corrected chi connectivity index (χ4v) is 1.49. The molecule has 0 spiro atoms. The Morgan fingerprint density at radius 1 is 1.18 bits per heavy atom. The van der Waals surface area contributed by atoms with Crippen LogP contribution in [0.2, 0.25) is 0 Å². The summed E-state index contributed by atoms with van der Waals surface area (Å²) in [5.74, 6) is 6.02. The molecule has 2 aromatic rings. The van der Waals surface area contributed by atoms with Crippen LogP contribution in [0.1, 0.15) is 11.1 Å². The molecule has 0 amide bonds. The molecule has 84 valence electrons. The second-order valence-corrected chi connectivity index (χ2v) is 3.84. The first-order chi connectivity index (χ1) is 8.25. The third-order valence-electron chi connectivity index (χ3n) is 2.41. The van der Waals surface area contributed by atoms with Gasteiger partial charge < -0.3 is 4.57 Å². The predicted octanol–water partition coefficient (Wildman–Crippen LogP) is 2.21. The molecular weight excluding hydrogens is 210 g/mol. The molecule has 0 saturated heterocycles. The summed E-state index contributed by atoms with van der Waals surface area (Å²) in [7, 11) is 0. The molecule has 0 aliphatic carbocycles. The van der Waals surface area contributed by atoms with Gasteiger partial charge in [0, 0.05) is 17.8 Å². The first-order valence-corrected chi connectivity index (χ1v) is 5.47. The Morgan fingerprint density at radius 2 is 1.94 bits per heavy atom. The molecule has 0 saturated carbocycles. The molecule has 0 aliphatic rings. The van der Waals surface area contributed by atoms with Crippen LogP contribution in [0.25, 0.3) is 0 Å². The molecule has 0 unspecified atom stereocenters. The van der Waals surface area contributed by atoms with E-state index in [2.05, 4.69) is 11.8 Å². The topological polar surface area (TPSA) is 22.0 Å². The zero-order valence-electron chi connectivity index (χ0n) is 9.68. The Labute approximate surface area is 101 Å². The van der Waals surface area contributed by atoms with Crippen LogP contribution in [0.15, 0.2) is 53.5 Å². The summed E-state index contributed by atoms with van der Waals surface area (Å²) in [6, 6.07) is 13.3. The van der Waals surface area contributed by atoms with Crippen LogP contribution in [0.4, 0.5) is 0 Å². The van der Waals surface area contributed by atoms with E-state index in [9.17, 15) is 4.79 Å². The smallest absolute Gasteiger partial charge is 0.251 e. The molecule has 0 radical (unpaired) electrons. The third kappa shape index (κ3) is 3.09. The fourth-order valence-electron chi connectivity index (χ4n) is 1.49. The number of rotatable bonds is 1. The van der Waals surface area contributed by atoms with E-state index in [1.165, 1.54) is 0 Å². The maximum atomic E-state index is 11.6. The van der Waals surface area contributed by atoms with Gasteiger partial charge in [0.25, 0.3) is 5.56 Å². The maximum Gasteiger partial charge on any atom is 0.251 e. The Kier molecular flexibility index (Phi) is 3.42. The summed E-state index contributed by atoms with van der Waals surface area (Å²) in [5.41, 5.74) is 1.93. The highest BCUT2D eigenvalue weighted by Gasteiger charge is 1.92. The van der Waals surface area contributed by atoms with Crippen LogP contribution < -0.4 is 5.56 Å². The highest BCUT2D eigenvalue weighted by atomic mass is 16.1. The van der Waals surface area contributed by atoms with E-state index < -0.39 is 0 Å². The second kappa shape index (κ2) is 5.18. The summed E-state index contributed by atoms with van der Waals surface area (Å²) in [4.78, 5) is 11.6. The summed E-state index contributed by atoms with van der Waals surface area (Å²) in [5, 5.41) is 0. The van der Waals surface area contributed by atoms with Gasteiger partial charge in [0.05, 0.1) is 6.54 Å². The van der Waals surface area contributed by atoms with Gasteiger partial charge in [-0.2, -0.15) is 0 Å². The lowest BCUT2D eigenvalue weighted by atomic mass is 10.2. The number of hydrogen-bond acceptors (Lipinski definition) is 1. The third-order valence-corrected chi connectivity index (χ3v) is 2.41. The molecule has 2 rings (SSSR count). The average molecular weight is 223 g/mol. The molecule has 17 heavy (non-hydrogen) atoms. The van der Waals surface area contributed by atoms with Crippen LogP contribution in [0, 0.1) is 18.8 Å². The largest absolute Gasteiger partial charge is 0.304 e. The summed E-state index contributed by atoms with van der Waals surface area (Å²) in [6.45, 7) is 2.33. The Balaban J connectivity index is 2.13. The first kappa shape index (κ1) is 11.2. The van der Waals surface area contributed by atoms with Gasteiger partial charge in [-0.3, -0.25) is 4.79 Å². The van der Waals surface area contributed by atoms with Crippen molar-refractivity contribution in [2.45, 2.75) is 13.5 Å². The molecule has 1 heterocycles. The monoisotopic (exact) mass is 223 g/mol. The van der Waals surface area contributed by atoms with E-state index >= 15 is 0 Å². The van der Waals surface area contributed by atoms with Crippen LogP contribution in [0.3, 0.4) is 0 Å². The lowest BCUT2D eigenvalue weighted by Gasteiger charge is -1.99. The van der Waals surface area contributed by atoms with E-state index in [0.29, 0.717) is 6.54 Å². The van der Waals surface area contributed by atoms with Crippen LogP contribution in [0.5, 0.6) is 0 Å². The van der Waals surface area contributed by atoms with Gasteiger partial charge in [-0.05, 0) is 30.7 Å². The summed E-state index contributed by atoms with van der Waals surface area (Å²) < 4.78 is 1.60. The number of benzene rings is 1. The quantitative estimate of drug-likeness (QED) is 0.679. The van der Waals surface area contributed by atoms with Crippen molar-refractivity contribution >= 4 is 0 Å². The molecule has 0 bridgehead atoms. The second-order valence-electron chi connectivity index (χ2n) is 3.84.